The van der Waals surface area contributed by atoms with Crippen molar-refractivity contribution in [2.24, 2.45) is 0 Å². The summed E-state index contributed by atoms with van der Waals surface area (Å²) in [7, 11) is 0. The lowest BCUT2D eigenvalue weighted by Gasteiger charge is -2.18. The van der Waals surface area contributed by atoms with E-state index in [0.717, 1.165) is 6.07 Å². The van der Waals surface area contributed by atoms with Crippen LogP contribution in [0.1, 0.15) is 23.5 Å². The van der Waals surface area contributed by atoms with Gasteiger partial charge in [0.15, 0.2) is 11.5 Å². The van der Waals surface area contributed by atoms with E-state index >= 15 is 0 Å². The van der Waals surface area contributed by atoms with Gasteiger partial charge in [-0.25, -0.2) is 9.78 Å². The predicted molar refractivity (Wildman–Crippen MR) is 85.5 cm³/mol. The van der Waals surface area contributed by atoms with Gasteiger partial charge in [0.2, 0.25) is 5.60 Å². The number of aromatic carboxylic acids is 1. The molecule has 3 N–H and O–H groups in total. The number of nitriles is 1. The molecule has 0 aliphatic carbocycles. The molecule has 1 saturated heterocycles. The van der Waals surface area contributed by atoms with Crippen LogP contribution in [0.4, 0.5) is 26.1 Å². The fraction of sp³-hybridized carbons (Fsp3) is 0.267. The Kier molecular flexibility index (Phi) is 4.46. The first-order valence-electron chi connectivity index (χ1n) is 7.55. The molecule has 1 aliphatic heterocycles. The Morgan fingerprint density at radius 3 is 2.70 bits per heavy atom. The molecule has 1 fully saturated rings. The molecular formula is C15H12F2N6O4. The molecule has 140 valence electrons. The number of amides is 1. The number of anilines is 3. The Bertz CT molecular complexity index is 956. The van der Waals surface area contributed by atoms with Crippen LogP contribution < -0.4 is 10.2 Å². The third kappa shape index (κ3) is 3.27. The zero-order valence-electron chi connectivity index (χ0n) is 13.5. The summed E-state index contributed by atoms with van der Waals surface area (Å²) in [4.78, 5) is 28.3. The van der Waals surface area contributed by atoms with Gasteiger partial charge in [0.25, 0.3) is 5.91 Å². The Morgan fingerprint density at radius 2 is 2.15 bits per heavy atom. The van der Waals surface area contributed by atoms with Crippen LogP contribution in [0.3, 0.4) is 0 Å². The van der Waals surface area contributed by atoms with Gasteiger partial charge in [-0.05, 0) is 6.07 Å². The molecule has 3 rings (SSSR count). The summed E-state index contributed by atoms with van der Waals surface area (Å²) in [5.41, 5.74) is -2.49. The SMILES string of the molecule is N#C[C@@]1(O)CCN(c2ccnc(Nc3cc(C(=O)O)n(C(F)F)n3)c2)C1=O. The second kappa shape index (κ2) is 6.61. The Hall–Kier alpha value is -3.59. The number of pyridine rings is 1. The number of hydrogen-bond acceptors (Lipinski definition) is 7. The number of nitrogens with zero attached hydrogens (tertiary/aromatic N) is 5. The monoisotopic (exact) mass is 378 g/mol. The number of carbonyl (C=O) groups excluding carboxylic acids is 1. The molecule has 0 unspecified atom stereocenters. The van der Waals surface area contributed by atoms with Crippen molar-refractivity contribution in [3.8, 4) is 6.07 Å². The summed E-state index contributed by atoms with van der Waals surface area (Å²) in [5, 5.41) is 33.9. The van der Waals surface area contributed by atoms with Crippen molar-refractivity contribution >= 4 is 29.2 Å². The van der Waals surface area contributed by atoms with Gasteiger partial charge in [0.05, 0.1) is 0 Å². The number of alkyl halides is 2. The number of rotatable bonds is 5. The number of carboxylic acids is 1. The molecule has 0 saturated carbocycles. The summed E-state index contributed by atoms with van der Waals surface area (Å²) in [6.07, 6.45) is 1.26. The molecule has 3 heterocycles. The average Bonchev–Trinajstić information content (AvgIpc) is 3.18. The molecular weight excluding hydrogens is 366 g/mol. The van der Waals surface area contributed by atoms with Gasteiger partial charge in [-0.15, -0.1) is 5.10 Å². The number of aromatic nitrogens is 3. The minimum absolute atomic E-state index is 0.0472. The summed E-state index contributed by atoms with van der Waals surface area (Å²) >= 11 is 0. The van der Waals surface area contributed by atoms with E-state index in [1.807, 2.05) is 0 Å². The van der Waals surface area contributed by atoms with Gasteiger partial charge in [-0.3, -0.25) is 4.79 Å². The van der Waals surface area contributed by atoms with Crippen molar-refractivity contribution in [2.75, 3.05) is 16.8 Å². The molecule has 0 aromatic carbocycles. The van der Waals surface area contributed by atoms with Gasteiger partial charge < -0.3 is 20.4 Å². The maximum absolute atomic E-state index is 12.9. The summed E-state index contributed by atoms with van der Waals surface area (Å²) in [5.74, 6) is -2.43. The lowest BCUT2D eigenvalue weighted by Crippen LogP contribution is -2.38. The van der Waals surface area contributed by atoms with E-state index in [1.165, 1.54) is 23.2 Å². The number of nitrogens with one attached hydrogen (secondary N) is 1. The minimum Gasteiger partial charge on any atom is -0.477 e. The van der Waals surface area contributed by atoms with E-state index in [4.69, 9.17) is 10.4 Å². The van der Waals surface area contributed by atoms with Gasteiger partial charge >= 0.3 is 12.5 Å². The highest BCUT2D eigenvalue weighted by Gasteiger charge is 2.46. The van der Waals surface area contributed by atoms with Crippen molar-refractivity contribution in [2.45, 2.75) is 18.6 Å². The number of hydrogen-bond donors (Lipinski definition) is 3. The standard InChI is InChI=1S/C15H12F2N6O4/c16-14(17)23-9(12(24)25)6-11(21-23)20-10-5-8(1-3-19-10)22-4-2-15(27,7-18)13(22)26/h1,3,5-6,14,27H,2,4H2,(H,24,25)(H,19,20,21)/t15-/m0/s1. The van der Waals surface area contributed by atoms with Crippen molar-refractivity contribution in [1.29, 1.82) is 5.26 Å². The molecule has 0 spiro atoms. The van der Waals surface area contributed by atoms with Crippen molar-refractivity contribution in [3.05, 3.63) is 30.1 Å². The topological polar surface area (TPSA) is 144 Å². The van der Waals surface area contributed by atoms with Gasteiger partial charge in [-0.1, -0.05) is 0 Å². The first kappa shape index (κ1) is 18.2. The average molecular weight is 378 g/mol. The molecule has 10 nitrogen and oxygen atoms in total. The summed E-state index contributed by atoms with van der Waals surface area (Å²) in [6.45, 7) is -3.04. The Morgan fingerprint density at radius 1 is 1.41 bits per heavy atom. The zero-order chi connectivity index (χ0) is 19.8. The number of aliphatic hydroxyl groups is 1. The maximum Gasteiger partial charge on any atom is 0.354 e. The van der Waals surface area contributed by atoms with E-state index in [-0.39, 0.29) is 29.3 Å². The van der Waals surface area contributed by atoms with Crippen LogP contribution in [-0.2, 0) is 4.79 Å². The van der Waals surface area contributed by atoms with E-state index < -0.39 is 29.7 Å². The highest BCUT2D eigenvalue weighted by molar-refractivity contribution is 6.03. The van der Waals surface area contributed by atoms with Gasteiger partial charge in [-0.2, -0.15) is 18.7 Å². The third-order valence-electron chi connectivity index (χ3n) is 3.93. The Labute approximate surface area is 150 Å². The lowest BCUT2D eigenvalue weighted by molar-refractivity contribution is -0.128. The van der Waals surface area contributed by atoms with Crippen LogP contribution in [0.15, 0.2) is 24.4 Å². The summed E-state index contributed by atoms with van der Waals surface area (Å²) < 4.78 is 25.8. The molecule has 1 aliphatic rings. The van der Waals surface area contributed by atoms with Gasteiger partial charge in [0, 0.05) is 37.0 Å². The number of carboxylic acid groups (broad SMARTS) is 1. The normalized spacial score (nSPS) is 19.4. The minimum atomic E-state index is -3.14. The van der Waals surface area contributed by atoms with Gasteiger partial charge in [0.1, 0.15) is 11.9 Å². The number of carbonyl (C=O) groups is 2. The van der Waals surface area contributed by atoms with E-state index in [0.29, 0.717) is 5.69 Å². The van der Waals surface area contributed by atoms with Crippen LogP contribution in [-0.4, -0.2) is 49.0 Å². The molecule has 12 heteroatoms. The molecule has 0 bridgehead atoms. The van der Waals surface area contributed by atoms with Crippen LogP contribution in [0.5, 0.6) is 0 Å². The smallest absolute Gasteiger partial charge is 0.354 e. The highest BCUT2D eigenvalue weighted by Crippen LogP contribution is 2.29. The molecule has 27 heavy (non-hydrogen) atoms. The quantitative estimate of drug-likeness (QED) is 0.656. The first-order chi connectivity index (χ1) is 12.7. The largest absolute Gasteiger partial charge is 0.477 e. The second-order valence-corrected chi connectivity index (χ2v) is 5.65. The van der Waals surface area contributed by atoms with E-state index in [9.17, 15) is 23.5 Å². The highest BCUT2D eigenvalue weighted by atomic mass is 19.3. The fourth-order valence-corrected chi connectivity index (χ4v) is 2.61. The predicted octanol–water partition coefficient (Wildman–Crippen LogP) is 1.11. The van der Waals surface area contributed by atoms with Crippen molar-refractivity contribution < 1.29 is 28.6 Å². The molecule has 1 atom stereocenters. The lowest BCUT2D eigenvalue weighted by atomic mass is 10.1. The Balaban J connectivity index is 1.86. The fourth-order valence-electron chi connectivity index (χ4n) is 2.61. The van der Waals surface area contributed by atoms with Crippen LogP contribution >= 0.6 is 0 Å². The second-order valence-electron chi connectivity index (χ2n) is 5.65. The third-order valence-corrected chi connectivity index (χ3v) is 3.93. The zero-order valence-corrected chi connectivity index (χ0v) is 13.5. The van der Waals surface area contributed by atoms with E-state index in [1.54, 1.807) is 6.07 Å². The summed E-state index contributed by atoms with van der Waals surface area (Å²) in [6, 6.07) is 5.33. The molecule has 0 radical (unpaired) electrons. The van der Waals surface area contributed by atoms with Crippen LogP contribution in [0.2, 0.25) is 0 Å². The van der Waals surface area contributed by atoms with Crippen LogP contribution in [0.25, 0.3) is 0 Å². The first-order valence-corrected chi connectivity index (χ1v) is 7.55. The van der Waals surface area contributed by atoms with Crippen molar-refractivity contribution in [1.82, 2.24) is 14.8 Å². The van der Waals surface area contributed by atoms with Crippen molar-refractivity contribution in [3.63, 3.8) is 0 Å². The van der Waals surface area contributed by atoms with E-state index in [2.05, 4.69) is 15.4 Å². The molecule has 1 amide bonds. The molecule has 2 aromatic heterocycles. The number of halogens is 2. The van der Waals surface area contributed by atoms with Crippen LogP contribution in [0, 0.1) is 11.3 Å². The molecule has 2 aromatic rings. The maximum atomic E-state index is 12.9.